The van der Waals surface area contributed by atoms with Gasteiger partial charge in [0.15, 0.2) is 21.5 Å². The van der Waals surface area contributed by atoms with Gasteiger partial charge in [0.2, 0.25) is 17.8 Å². The third-order valence-electron chi connectivity index (χ3n) is 8.40. The van der Waals surface area contributed by atoms with Crippen molar-refractivity contribution in [2.24, 2.45) is 7.05 Å². The Hall–Kier alpha value is -3.65. The van der Waals surface area contributed by atoms with E-state index in [1.54, 1.807) is 39.4 Å². The number of fused-ring (bicyclic) bond motifs is 1. The van der Waals surface area contributed by atoms with Gasteiger partial charge in [0.05, 0.1) is 37.9 Å². The van der Waals surface area contributed by atoms with E-state index in [1.165, 1.54) is 0 Å². The van der Waals surface area contributed by atoms with Crippen LogP contribution in [-0.2, 0) is 35.8 Å². The van der Waals surface area contributed by atoms with Gasteiger partial charge in [-0.25, -0.2) is 23.4 Å². The van der Waals surface area contributed by atoms with Gasteiger partial charge in [0.25, 0.3) is 0 Å². The number of rotatable bonds is 17. The zero-order chi connectivity index (χ0) is 34.1. The lowest BCUT2D eigenvalue weighted by atomic mass is 10.2. The predicted molar refractivity (Wildman–Crippen MR) is 183 cm³/mol. The highest BCUT2D eigenvalue weighted by Crippen LogP contribution is 2.34. The molecule has 0 N–H and O–H groups in total. The molecule has 266 valence electrons. The molecule has 3 aromatic rings. The molecule has 0 radical (unpaired) electrons. The van der Waals surface area contributed by atoms with E-state index >= 15 is 0 Å². The highest BCUT2D eigenvalue weighted by Gasteiger charge is 2.30. The van der Waals surface area contributed by atoms with Crippen LogP contribution in [0.25, 0.3) is 11.0 Å². The Morgan fingerprint density at radius 3 is 1.46 bits per heavy atom. The van der Waals surface area contributed by atoms with Crippen LogP contribution in [0.4, 0.5) is 29.5 Å². The van der Waals surface area contributed by atoms with E-state index < -0.39 is 9.84 Å². The molecule has 0 atom stereocenters. The summed E-state index contributed by atoms with van der Waals surface area (Å²) in [6.45, 7) is 7.27. The molecule has 0 bridgehead atoms. The van der Waals surface area contributed by atoms with Gasteiger partial charge in [-0.2, -0.15) is 9.97 Å². The maximum absolute atomic E-state index is 12.5. The molecular weight excluding hydrogens is 644 g/mol. The zero-order valence-electron chi connectivity index (χ0n) is 28.6. The number of methoxy groups -OCH3 is 4. The van der Waals surface area contributed by atoms with Gasteiger partial charge in [0, 0.05) is 101 Å². The first-order valence-corrected chi connectivity index (χ1v) is 17.9. The fraction of sp³-hybridized carbons (Fsp3) is 0.724. The summed E-state index contributed by atoms with van der Waals surface area (Å²) in [5, 5.41) is 4.49. The lowest BCUT2D eigenvalue weighted by molar-refractivity contribution is 0.189. The van der Waals surface area contributed by atoms with Gasteiger partial charge in [-0.15, -0.1) is 5.10 Å². The molecule has 0 aromatic carbocycles. The minimum Gasteiger partial charge on any atom is -0.383 e. The number of nitrogens with zero attached hydrogens (tertiary/aromatic N) is 12. The molecule has 0 unspecified atom stereocenters. The number of hydrogen-bond donors (Lipinski definition) is 0. The second kappa shape index (κ2) is 16.6. The van der Waals surface area contributed by atoms with Gasteiger partial charge in [-0.1, -0.05) is 0 Å². The Morgan fingerprint density at radius 1 is 0.646 bits per heavy atom. The highest BCUT2D eigenvalue weighted by atomic mass is 32.2. The molecule has 5 rings (SSSR count). The lowest BCUT2D eigenvalue weighted by Gasteiger charge is -2.36. The molecule has 2 aliphatic rings. The molecule has 0 spiro atoms. The number of sulfone groups is 1. The largest absolute Gasteiger partial charge is 0.383 e. The number of aryl methyl sites for hydroxylation is 1. The Balaban J connectivity index is 1.65. The average molecular weight is 693 g/mol. The molecule has 3 aromatic heterocycles. The van der Waals surface area contributed by atoms with Crippen LogP contribution in [0.2, 0.25) is 0 Å². The molecule has 2 saturated heterocycles. The Bertz CT molecular complexity index is 1560. The molecule has 0 aliphatic carbocycles. The van der Waals surface area contributed by atoms with E-state index in [0.29, 0.717) is 132 Å². The summed E-state index contributed by atoms with van der Waals surface area (Å²) in [6.07, 6.45) is 1.70. The van der Waals surface area contributed by atoms with Crippen molar-refractivity contribution in [3.05, 3.63) is 6.33 Å². The first-order chi connectivity index (χ1) is 23.3. The van der Waals surface area contributed by atoms with Crippen LogP contribution in [0, 0.1) is 0 Å². The fourth-order valence-corrected chi connectivity index (χ4v) is 6.83. The molecule has 2 fully saturated rings. The summed E-state index contributed by atoms with van der Waals surface area (Å²) in [4.78, 5) is 35.3. The number of anilines is 5. The summed E-state index contributed by atoms with van der Waals surface area (Å²) in [5.74, 6) is 2.98. The van der Waals surface area contributed by atoms with Gasteiger partial charge in [-0.05, 0) is 0 Å². The van der Waals surface area contributed by atoms with E-state index in [2.05, 4.69) is 19.9 Å². The van der Waals surface area contributed by atoms with Crippen molar-refractivity contribution in [2.75, 3.05) is 156 Å². The van der Waals surface area contributed by atoms with E-state index in [4.69, 9.17) is 38.9 Å². The van der Waals surface area contributed by atoms with Crippen LogP contribution < -0.4 is 24.5 Å². The Kier molecular flexibility index (Phi) is 12.4. The van der Waals surface area contributed by atoms with Crippen molar-refractivity contribution in [1.29, 1.82) is 0 Å². The van der Waals surface area contributed by atoms with Gasteiger partial charge >= 0.3 is 0 Å². The molecule has 0 saturated carbocycles. The summed E-state index contributed by atoms with van der Waals surface area (Å²) in [6, 6.07) is 0. The minimum absolute atomic E-state index is 0.0347. The van der Waals surface area contributed by atoms with Crippen molar-refractivity contribution in [1.82, 2.24) is 34.7 Å². The van der Waals surface area contributed by atoms with E-state index in [0.717, 1.165) is 0 Å². The van der Waals surface area contributed by atoms with Gasteiger partial charge < -0.3 is 43.4 Å². The number of ether oxygens (including phenoxy) is 4. The molecule has 2 aliphatic heterocycles. The van der Waals surface area contributed by atoms with Crippen molar-refractivity contribution in [2.45, 2.75) is 0 Å². The highest BCUT2D eigenvalue weighted by molar-refractivity contribution is 7.91. The van der Waals surface area contributed by atoms with Crippen molar-refractivity contribution >= 4 is 50.4 Å². The summed E-state index contributed by atoms with van der Waals surface area (Å²) in [5.41, 5.74) is 1.15. The van der Waals surface area contributed by atoms with E-state index in [-0.39, 0.29) is 11.5 Å². The normalized spacial score (nSPS) is 16.6. The fourth-order valence-electron chi connectivity index (χ4n) is 5.63. The van der Waals surface area contributed by atoms with Crippen LogP contribution >= 0.6 is 0 Å². The van der Waals surface area contributed by atoms with Crippen LogP contribution in [-0.4, -0.2) is 175 Å². The Morgan fingerprint density at radius 2 is 1.06 bits per heavy atom. The molecule has 0 amide bonds. The van der Waals surface area contributed by atoms with Crippen molar-refractivity contribution < 1.29 is 27.4 Å². The van der Waals surface area contributed by atoms with E-state index in [9.17, 15) is 8.42 Å². The monoisotopic (exact) mass is 692 g/mol. The first kappa shape index (κ1) is 35.7. The third-order valence-corrected chi connectivity index (χ3v) is 10.0. The quantitative estimate of drug-likeness (QED) is 0.174. The third kappa shape index (κ3) is 8.68. The van der Waals surface area contributed by atoms with Gasteiger partial charge in [0.1, 0.15) is 17.4 Å². The molecule has 19 heteroatoms. The van der Waals surface area contributed by atoms with Crippen LogP contribution in [0.3, 0.4) is 0 Å². The lowest BCUT2D eigenvalue weighted by Crippen LogP contribution is -2.47. The topological polar surface area (TPSA) is 170 Å². The van der Waals surface area contributed by atoms with Crippen LogP contribution in [0.15, 0.2) is 6.33 Å². The molecule has 48 heavy (non-hydrogen) atoms. The maximum atomic E-state index is 12.5. The summed E-state index contributed by atoms with van der Waals surface area (Å²) < 4.78 is 48.3. The van der Waals surface area contributed by atoms with Crippen molar-refractivity contribution in [3.63, 3.8) is 0 Å². The standard InChI is InChI=1S/C29H48N12O6S/c1-36-22-30-27(35-36)39-8-6-37(7-9-39)25-23-24(32-28(33-25)40(10-16-44-2)11-17-45-3)26(38-14-20-48(42,43)21-15-38)34-29(31-23)41(12-18-46-4)13-19-47-5/h22H,6-21H2,1-5H3. The number of aromatic nitrogens is 7. The van der Waals surface area contributed by atoms with Crippen molar-refractivity contribution in [3.8, 4) is 0 Å². The minimum atomic E-state index is -3.14. The molecule has 18 nitrogen and oxygen atoms in total. The Labute approximate surface area is 281 Å². The molecular formula is C29H48N12O6S. The average Bonchev–Trinajstić information content (AvgIpc) is 3.54. The SMILES string of the molecule is COCCN(CCOC)c1nc(N2CCS(=O)(=O)CC2)c2nc(N(CCOC)CCOC)nc(N3CCN(c4ncn(C)n4)CC3)c2n1. The second-order valence-corrected chi connectivity index (χ2v) is 14.0. The van der Waals surface area contributed by atoms with Crippen LogP contribution in [0.1, 0.15) is 0 Å². The van der Waals surface area contributed by atoms with Crippen LogP contribution in [0.5, 0.6) is 0 Å². The van der Waals surface area contributed by atoms with E-state index in [1.807, 2.05) is 21.7 Å². The smallest absolute Gasteiger partial charge is 0.244 e. The second-order valence-electron chi connectivity index (χ2n) is 11.7. The number of hydrogen-bond acceptors (Lipinski definition) is 17. The maximum Gasteiger partial charge on any atom is 0.244 e. The summed E-state index contributed by atoms with van der Waals surface area (Å²) >= 11 is 0. The first-order valence-electron chi connectivity index (χ1n) is 16.1. The molecule has 5 heterocycles. The summed E-state index contributed by atoms with van der Waals surface area (Å²) in [7, 11) is 5.34. The van der Waals surface area contributed by atoms with Gasteiger partial charge in [-0.3, -0.25) is 4.68 Å². The number of piperazine rings is 1. The zero-order valence-corrected chi connectivity index (χ0v) is 29.4. The predicted octanol–water partition coefficient (Wildman–Crippen LogP) is -0.692.